The third-order valence-corrected chi connectivity index (χ3v) is 6.48. The smallest absolute Gasteiger partial charge is 0.131 e. The largest absolute Gasteiger partial charge is 0.293 e. The Labute approximate surface area is 183 Å². The molecule has 2 aromatic heterocycles. The molecule has 3 heterocycles. The van der Waals surface area contributed by atoms with Gasteiger partial charge < -0.3 is 0 Å². The third-order valence-electron chi connectivity index (χ3n) is 6.48. The Morgan fingerprint density at radius 3 is 2.77 bits per heavy atom. The molecule has 0 saturated heterocycles. The molecule has 31 heavy (non-hydrogen) atoms. The average Bonchev–Trinajstić information content (AvgIpc) is 2.84. The van der Waals surface area contributed by atoms with Crippen molar-refractivity contribution in [2.75, 3.05) is 6.54 Å². The van der Waals surface area contributed by atoms with Crippen molar-refractivity contribution in [2.45, 2.75) is 57.5 Å². The van der Waals surface area contributed by atoms with Gasteiger partial charge in [-0.15, -0.1) is 0 Å². The highest BCUT2D eigenvalue weighted by atomic mass is 15.1. The van der Waals surface area contributed by atoms with Crippen molar-refractivity contribution >= 4 is 0 Å². The summed E-state index contributed by atoms with van der Waals surface area (Å²) < 4.78 is 0. The van der Waals surface area contributed by atoms with E-state index in [0.29, 0.717) is 11.5 Å². The highest BCUT2D eigenvalue weighted by Gasteiger charge is 2.23. The first-order valence-electron chi connectivity index (χ1n) is 11.3. The molecule has 0 radical (unpaired) electrons. The van der Waals surface area contributed by atoms with Crippen LogP contribution in [0.1, 0.15) is 66.4 Å². The fraction of sp³-hybridized carbons (Fsp3) is 0.385. The monoisotopic (exact) mass is 409 g/mol. The topological polar surface area (TPSA) is 65.7 Å². The number of hydrogen-bond donors (Lipinski definition) is 0. The molecule has 1 aliphatic heterocycles. The number of benzene rings is 1. The average molecular weight is 410 g/mol. The fourth-order valence-electron chi connectivity index (χ4n) is 4.79. The molecule has 3 aromatic rings. The lowest BCUT2D eigenvalue weighted by atomic mass is 9.88. The van der Waals surface area contributed by atoms with Crippen LogP contribution in [0.3, 0.4) is 0 Å². The van der Waals surface area contributed by atoms with E-state index in [1.165, 1.54) is 43.4 Å². The van der Waals surface area contributed by atoms with Crippen LogP contribution in [-0.2, 0) is 19.5 Å². The van der Waals surface area contributed by atoms with E-state index in [0.717, 1.165) is 48.8 Å². The van der Waals surface area contributed by atoms with Gasteiger partial charge in [-0.25, -0.2) is 9.97 Å². The van der Waals surface area contributed by atoms with E-state index >= 15 is 0 Å². The third kappa shape index (κ3) is 4.50. The molecule has 0 atom stereocenters. The van der Waals surface area contributed by atoms with Crippen LogP contribution < -0.4 is 0 Å². The van der Waals surface area contributed by atoms with E-state index in [9.17, 15) is 0 Å². The Morgan fingerprint density at radius 2 is 1.90 bits per heavy atom. The number of fused-ring (bicyclic) bond motifs is 1. The molecule has 0 unspecified atom stereocenters. The van der Waals surface area contributed by atoms with Gasteiger partial charge in [0.05, 0.1) is 23.0 Å². The Morgan fingerprint density at radius 1 is 1.03 bits per heavy atom. The van der Waals surface area contributed by atoms with Crippen LogP contribution in [0.5, 0.6) is 0 Å². The Bertz CT molecular complexity index is 1110. The summed E-state index contributed by atoms with van der Waals surface area (Å²) in [7, 11) is 0. The zero-order valence-electron chi connectivity index (χ0n) is 17.8. The first-order chi connectivity index (χ1) is 15.3. The first-order valence-corrected chi connectivity index (χ1v) is 11.3. The van der Waals surface area contributed by atoms with Crippen molar-refractivity contribution in [3.05, 3.63) is 77.0 Å². The Balaban J connectivity index is 1.28. The maximum Gasteiger partial charge on any atom is 0.131 e. The second-order valence-electron chi connectivity index (χ2n) is 8.70. The van der Waals surface area contributed by atoms with Crippen molar-refractivity contribution in [3.63, 3.8) is 0 Å². The molecule has 1 fully saturated rings. The number of hydrogen-bond acceptors (Lipinski definition) is 5. The molecular weight excluding hydrogens is 382 g/mol. The first kappa shape index (κ1) is 19.8. The van der Waals surface area contributed by atoms with E-state index < -0.39 is 0 Å². The number of nitriles is 1. The van der Waals surface area contributed by atoms with Crippen LogP contribution in [0.4, 0.5) is 0 Å². The standard InChI is InChI=1S/C26H27N5/c27-15-19-6-4-9-21(14-19)24-11-5-10-23(29-24)18-31-13-12-25-22(17-31)16-28-26(30-25)20-7-2-1-3-8-20/h4-6,9-11,14,16,20H,1-3,7-8,12-13,17-18H2. The molecule has 1 aromatic carbocycles. The lowest BCUT2D eigenvalue weighted by molar-refractivity contribution is 0.239. The van der Waals surface area contributed by atoms with E-state index in [1.54, 1.807) is 0 Å². The van der Waals surface area contributed by atoms with Crippen LogP contribution in [0, 0.1) is 11.3 Å². The molecule has 156 valence electrons. The minimum absolute atomic E-state index is 0.559. The lowest BCUT2D eigenvalue weighted by Crippen LogP contribution is -2.31. The van der Waals surface area contributed by atoms with Crippen LogP contribution in [0.15, 0.2) is 48.7 Å². The predicted molar refractivity (Wildman–Crippen MR) is 120 cm³/mol. The van der Waals surface area contributed by atoms with Crippen molar-refractivity contribution in [3.8, 4) is 17.3 Å². The van der Waals surface area contributed by atoms with Gasteiger partial charge in [-0.05, 0) is 37.1 Å². The summed E-state index contributed by atoms with van der Waals surface area (Å²) in [5.74, 6) is 1.63. The highest BCUT2D eigenvalue weighted by molar-refractivity contribution is 5.61. The quantitative estimate of drug-likeness (QED) is 0.605. The van der Waals surface area contributed by atoms with E-state index in [1.807, 2.05) is 36.4 Å². The zero-order valence-corrected chi connectivity index (χ0v) is 17.8. The predicted octanol–water partition coefficient (Wildman–Crippen LogP) is 5.02. The summed E-state index contributed by atoms with van der Waals surface area (Å²) in [5, 5.41) is 9.16. The normalized spacial score (nSPS) is 17.1. The van der Waals surface area contributed by atoms with Crippen molar-refractivity contribution in [2.24, 2.45) is 0 Å². The van der Waals surface area contributed by atoms with Gasteiger partial charge in [-0.1, -0.05) is 37.5 Å². The molecule has 1 aliphatic carbocycles. The maximum atomic E-state index is 9.16. The summed E-state index contributed by atoms with van der Waals surface area (Å²) in [6, 6.07) is 16.0. The number of aromatic nitrogens is 3. The second-order valence-corrected chi connectivity index (χ2v) is 8.70. The van der Waals surface area contributed by atoms with Crippen molar-refractivity contribution in [1.29, 1.82) is 5.26 Å². The molecule has 0 amide bonds. The van der Waals surface area contributed by atoms with Crippen LogP contribution in [0.2, 0.25) is 0 Å². The van der Waals surface area contributed by atoms with E-state index in [4.69, 9.17) is 20.2 Å². The summed E-state index contributed by atoms with van der Waals surface area (Å²) in [5.41, 5.74) is 6.08. The van der Waals surface area contributed by atoms with Gasteiger partial charge >= 0.3 is 0 Å². The van der Waals surface area contributed by atoms with E-state index in [2.05, 4.69) is 23.2 Å². The molecule has 2 aliphatic rings. The molecule has 0 bridgehead atoms. The van der Waals surface area contributed by atoms with Gasteiger partial charge in [-0.2, -0.15) is 5.26 Å². The van der Waals surface area contributed by atoms with Crippen LogP contribution in [0.25, 0.3) is 11.3 Å². The van der Waals surface area contributed by atoms with Gasteiger partial charge in [0.2, 0.25) is 0 Å². The number of pyridine rings is 1. The minimum Gasteiger partial charge on any atom is -0.293 e. The van der Waals surface area contributed by atoms with Gasteiger partial charge in [0.1, 0.15) is 5.82 Å². The second kappa shape index (κ2) is 8.95. The highest BCUT2D eigenvalue weighted by Crippen LogP contribution is 2.31. The summed E-state index contributed by atoms with van der Waals surface area (Å²) in [6.45, 7) is 2.66. The summed E-state index contributed by atoms with van der Waals surface area (Å²) in [4.78, 5) is 17.0. The van der Waals surface area contributed by atoms with Crippen LogP contribution >= 0.6 is 0 Å². The van der Waals surface area contributed by atoms with Crippen LogP contribution in [-0.4, -0.2) is 26.4 Å². The molecule has 5 nitrogen and oxygen atoms in total. The van der Waals surface area contributed by atoms with Crippen molar-refractivity contribution < 1.29 is 0 Å². The number of nitrogens with zero attached hydrogens (tertiary/aromatic N) is 5. The Kier molecular flexibility index (Phi) is 5.73. The van der Waals surface area contributed by atoms with Gasteiger partial charge in [0, 0.05) is 55.0 Å². The minimum atomic E-state index is 0.559. The zero-order chi connectivity index (χ0) is 21.0. The van der Waals surface area contributed by atoms with E-state index in [-0.39, 0.29) is 0 Å². The Hall–Kier alpha value is -3.10. The molecule has 0 spiro atoms. The lowest BCUT2D eigenvalue weighted by Gasteiger charge is -2.29. The molecular formula is C26H27N5. The van der Waals surface area contributed by atoms with Gasteiger partial charge in [0.15, 0.2) is 0 Å². The maximum absolute atomic E-state index is 9.16. The van der Waals surface area contributed by atoms with Gasteiger partial charge in [-0.3, -0.25) is 9.88 Å². The molecule has 5 heteroatoms. The molecule has 5 rings (SSSR count). The molecule has 0 N–H and O–H groups in total. The summed E-state index contributed by atoms with van der Waals surface area (Å²) >= 11 is 0. The number of rotatable bonds is 4. The summed E-state index contributed by atoms with van der Waals surface area (Å²) in [6.07, 6.45) is 9.50. The molecule has 1 saturated carbocycles. The SMILES string of the molecule is N#Cc1cccc(-c2cccc(CN3CCc4nc(C5CCCCC5)ncc4C3)n2)c1. The van der Waals surface area contributed by atoms with Crippen molar-refractivity contribution in [1.82, 2.24) is 19.9 Å². The fourth-order valence-corrected chi connectivity index (χ4v) is 4.79. The van der Waals surface area contributed by atoms with Gasteiger partial charge in [0.25, 0.3) is 0 Å².